The van der Waals surface area contributed by atoms with E-state index in [0.717, 1.165) is 61.2 Å². The number of para-hydroxylation sites is 2. The molecule has 0 amide bonds. The Labute approximate surface area is 341 Å². The largest absolute Gasteiger partial charge is 0.455 e. The number of furan rings is 1. The Kier molecular flexibility index (Phi) is 6.65. The first-order chi connectivity index (χ1) is 29.3. The summed E-state index contributed by atoms with van der Waals surface area (Å²) in [6.45, 7) is 0. The SMILES string of the molecule is c1ccc(-c2nc3cc(-c4ccc5c(c4)C4(c6ccccc6-c6ccccc6-5)c5ccccc5-c5c4ccc4c5oc5ccccc54)ccc3n2-c2ccccc2)cc1. The van der Waals surface area contributed by atoms with Crippen LogP contribution in [0.5, 0.6) is 0 Å². The number of hydrogen-bond acceptors (Lipinski definition) is 2. The second-order valence-corrected chi connectivity index (χ2v) is 15.8. The zero-order valence-electron chi connectivity index (χ0n) is 31.9. The predicted molar refractivity (Wildman–Crippen MR) is 241 cm³/mol. The van der Waals surface area contributed by atoms with Crippen LogP contribution in [-0.4, -0.2) is 9.55 Å². The Morgan fingerprint density at radius 2 is 1.02 bits per heavy atom. The molecule has 3 nitrogen and oxygen atoms in total. The molecule has 59 heavy (non-hydrogen) atoms. The van der Waals surface area contributed by atoms with Crippen molar-refractivity contribution in [2.75, 3.05) is 0 Å². The van der Waals surface area contributed by atoms with Gasteiger partial charge in [-0.05, 0) is 97.6 Å². The topological polar surface area (TPSA) is 31.0 Å². The van der Waals surface area contributed by atoms with Crippen LogP contribution in [0.4, 0.5) is 0 Å². The zero-order valence-corrected chi connectivity index (χ0v) is 31.9. The van der Waals surface area contributed by atoms with E-state index in [1.165, 1.54) is 55.6 Å². The number of fused-ring (bicyclic) bond motifs is 17. The van der Waals surface area contributed by atoms with Gasteiger partial charge >= 0.3 is 0 Å². The van der Waals surface area contributed by atoms with E-state index in [2.05, 4.69) is 211 Å². The minimum Gasteiger partial charge on any atom is -0.455 e. The molecule has 13 rings (SSSR count). The second kappa shape index (κ2) is 12.1. The van der Waals surface area contributed by atoms with Crippen molar-refractivity contribution in [3.05, 3.63) is 229 Å². The van der Waals surface area contributed by atoms with Crippen molar-refractivity contribution in [2.45, 2.75) is 5.41 Å². The van der Waals surface area contributed by atoms with Gasteiger partial charge in [-0.15, -0.1) is 0 Å². The van der Waals surface area contributed by atoms with Gasteiger partial charge in [-0.25, -0.2) is 4.98 Å². The van der Waals surface area contributed by atoms with Gasteiger partial charge in [0.1, 0.15) is 17.0 Å². The quantitative estimate of drug-likeness (QED) is 0.180. The summed E-state index contributed by atoms with van der Waals surface area (Å²) in [4.78, 5) is 5.34. The van der Waals surface area contributed by atoms with E-state index in [-0.39, 0.29) is 0 Å². The highest BCUT2D eigenvalue weighted by Gasteiger charge is 2.50. The predicted octanol–water partition coefficient (Wildman–Crippen LogP) is 14.3. The molecule has 2 aliphatic rings. The molecule has 2 aromatic heterocycles. The molecule has 9 aromatic carbocycles. The van der Waals surface area contributed by atoms with E-state index in [1.54, 1.807) is 0 Å². The number of benzene rings is 9. The molecule has 2 heterocycles. The van der Waals surface area contributed by atoms with Crippen LogP contribution >= 0.6 is 0 Å². The lowest BCUT2D eigenvalue weighted by molar-refractivity contribution is 0.669. The first-order valence-electron chi connectivity index (χ1n) is 20.3. The molecule has 2 aliphatic carbocycles. The molecule has 0 fully saturated rings. The van der Waals surface area contributed by atoms with Crippen molar-refractivity contribution >= 4 is 33.0 Å². The van der Waals surface area contributed by atoms with Gasteiger partial charge in [-0.1, -0.05) is 170 Å². The van der Waals surface area contributed by atoms with E-state index in [1.807, 2.05) is 0 Å². The van der Waals surface area contributed by atoms with Crippen molar-refractivity contribution in [3.63, 3.8) is 0 Å². The molecule has 1 spiro atoms. The summed E-state index contributed by atoms with van der Waals surface area (Å²) in [5.74, 6) is 0.925. The smallest absolute Gasteiger partial charge is 0.145 e. The lowest BCUT2D eigenvalue weighted by atomic mass is 9.65. The van der Waals surface area contributed by atoms with Crippen LogP contribution in [0.3, 0.4) is 0 Å². The van der Waals surface area contributed by atoms with Gasteiger partial charge in [0, 0.05) is 27.6 Å². The van der Waals surface area contributed by atoms with E-state index < -0.39 is 5.41 Å². The number of imidazole rings is 1. The van der Waals surface area contributed by atoms with E-state index in [9.17, 15) is 0 Å². The highest BCUT2D eigenvalue weighted by Crippen LogP contribution is 2.63. The number of aromatic nitrogens is 2. The van der Waals surface area contributed by atoms with Crippen molar-refractivity contribution in [2.24, 2.45) is 0 Å². The molecule has 274 valence electrons. The minimum absolute atomic E-state index is 0.639. The molecule has 1 unspecified atom stereocenters. The number of hydrogen-bond donors (Lipinski definition) is 0. The van der Waals surface area contributed by atoms with Crippen molar-refractivity contribution in [1.29, 1.82) is 0 Å². The minimum atomic E-state index is -0.639. The van der Waals surface area contributed by atoms with Crippen LogP contribution in [0.2, 0.25) is 0 Å². The summed E-state index contributed by atoms with van der Waals surface area (Å²) in [5.41, 5.74) is 20.1. The van der Waals surface area contributed by atoms with Gasteiger partial charge in [0.15, 0.2) is 0 Å². The Hall–Kier alpha value is -7.75. The third kappa shape index (κ3) is 4.39. The van der Waals surface area contributed by atoms with E-state index >= 15 is 0 Å². The Balaban J connectivity index is 1.12. The van der Waals surface area contributed by atoms with Crippen LogP contribution in [0, 0.1) is 0 Å². The van der Waals surface area contributed by atoms with E-state index in [0.29, 0.717) is 0 Å². The van der Waals surface area contributed by atoms with Gasteiger partial charge in [-0.2, -0.15) is 0 Å². The summed E-state index contributed by atoms with van der Waals surface area (Å²) in [6.07, 6.45) is 0. The number of nitrogens with zero attached hydrogens (tertiary/aromatic N) is 2. The standard InChI is InChI=1S/C56H34N2O/c1-3-15-35(16-4-1)55-57-50-34-37(28-32-51(50)58(55)38-17-5-2-6-18-38)36-27-29-42-40-20-8-7-19-39(40)41-21-9-12-24-46(41)56(49(42)33-36)47-25-13-10-23-45(47)53-48(56)31-30-44-43-22-11-14-26-52(43)59-54(44)53/h1-34H. The highest BCUT2D eigenvalue weighted by molar-refractivity contribution is 6.13. The lowest BCUT2D eigenvalue weighted by Crippen LogP contribution is -2.29. The third-order valence-electron chi connectivity index (χ3n) is 12.8. The Bertz CT molecular complexity index is 3500. The molecule has 0 aliphatic heterocycles. The molecule has 0 saturated carbocycles. The summed E-state index contributed by atoms with van der Waals surface area (Å²) in [5, 5.41) is 2.28. The van der Waals surface area contributed by atoms with Crippen molar-refractivity contribution < 1.29 is 4.42 Å². The zero-order chi connectivity index (χ0) is 38.7. The Morgan fingerprint density at radius 3 is 1.81 bits per heavy atom. The van der Waals surface area contributed by atoms with Gasteiger partial charge in [0.05, 0.1) is 16.4 Å². The summed E-state index contributed by atoms with van der Waals surface area (Å²) >= 11 is 0. The lowest BCUT2D eigenvalue weighted by Gasteiger charge is -2.35. The molecule has 11 aromatic rings. The fourth-order valence-electron chi connectivity index (χ4n) is 10.4. The van der Waals surface area contributed by atoms with Crippen molar-refractivity contribution in [3.8, 4) is 61.6 Å². The van der Waals surface area contributed by atoms with Gasteiger partial charge in [-0.3, -0.25) is 4.57 Å². The molecule has 0 N–H and O–H groups in total. The van der Waals surface area contributed by atoms with Crippen LogP contribution < -0.4 is 0 Å². The first kappa shape index (κ1) is 32.3. The maximum atomic E-state index is 6.86. The average Bonchev–Trinajstić information content (AvgIpc) is 3.96. The van der Waals surface area contributed by atoms with Gasteiger partial charge in [0.25, 0.3) is 0 Å². The summed E-state index contributed by atoms with van der Waals surface area (Å²) in [7, 11) is 0. The second-order valence-electron chi connectivity index (χ2n) is 15.8. The first-order valence-corrected chi connectivity index (χ1v) is 20.3. The fourth-order valence-corrected chi connectivity index (χ4v) is 10.4. The monoisotopic (exact) mass is 750 g/mol. The maximum Gasteiger partial charge on any atom is 0.145 e. The molecule has 0 bridgehead atoms. The number of rotatable bonds is 3. The molecule has 3 heteroatoms. The molecular formula is C56H34N2O. The molecular weight excluding hydrogens is 717 g/mol. The van der Waals surface area contributed by atoms with Crippen molar-refractivity contribution in [1.82, 2.24) is 9.55 Å². The Morgan fingerprint density at radius 1 is 0.407 bits per heavy atom. The molecule has 0 saturated heterocycles. The van der Waals surface area contributed by atoms with Crippen LogP contribution in [-0.2, 0) is 5.41 Å². The normalized spacial score (nSPS) is 14.8. The van der Waals surface area contributed by atoms with E-state index in [4.69, 9.17) is 9.40 Å². The fraction of sp³-hybridized carbons (Fsp3) is 0.0179. The van der Waals surface area contributed by atoms with Crippen LogP contribution in [0.1, 0.15) is 22.3 Å². The average molecular weight is 751 g/mol. The summed E-state index contributed by atoms with van der Waals surface area (Å²) < 4.78 is 9.13. The molecule has 1 atom stereocenters. The van der Waals surface area contributed by atoms with Gasteiger partial charge < -0.3 is 4.42 Å². The molecule has 0 radical (unpaired) electrons. The third-order valence-corrected chi connectivity index (χ3v) is 12.8. The highest BCUT2D eigenvalue weighted by atomic mass is 16.3. The van der Waals surface area contributed by atoms with Gasteiger partial charge in [0.2, 0.25) is 0 Å². The summed E-state index contributed by atoms with van der Waals surface area (Å²) in [6, 6.07) is 75.0. The maximum absolute atomic E-state index is 6.86. The van der Waals surface area contributed by atoms with Crippen LogP contribution in [0.25, 0.3) is 94.6 Å². The van der Waals surface area contributed by atoms with Crippen LogP contribution in [0.15, 0.2) is 211 Å².